The van der Waals surface area contributed by atoms with E-state index in [2.05, 4.69) is 32.6 Å². The largest absolute Gasteiger partial charge is 0.301 e. The first-order chi connectivity index (χ1) is 7.60. The lowest BCUT2D eigenvalue weighted by atomic mass is 9.94. The molecule has 0 bridgehead atoms. The Morgan fingerprint density at radius 1 is 1.06 bits per heavy atom. The number of nitrogens with zero attached hydrogens (tertiary/aromatic N) is 1. The van der Waals surface area contributed by atoms with Gasteiger partial charge in [-0.25, -0.2) is 0 Å². The van der Waals surface area contributed by atoms with Crippen molar-refractivity contribution in [2.75, 3.05) is 13.1 Å². The Balaban J connectivity index is 4.03. The van der Waals surface area contributed by atoms with Crippen LogP contribution in [-0.4, -0.2) is 30.1 Å². The molecule has 0 heterocycles. The molecule has 3 heteroatoms. The highest BCUT2D eigenvalue weighted by Gasteiger charge is 2.17. The van der Waals surface area contributed by atoms with Gasteiger partial charge in [0.2, 0.25) is 0 Å². The minimum atomic E-state index is -0.0331. The van der Waals surface area contributed by atoms with E-state index < -0.39 is 0 Å². The molecule has 0 aliphatic rings. The summed E-state index contributed by atoms with van der Waals surface area (Å²) in [5.41, 5.74) is 1.85. The van der Waals surface area contributed by atoms with Gasteiger partial charge < -0.3 is 4.90 Å². The van der Waals surface area contributed by atoms with Crippen LogP contribution < -0.4 is 5.54 Å². The number of hydrogen-bond acceptors (Lipinski definition) is 2. The monoisotopic (exact) mass is 232 g/mol. The summed E-state index contributed by atoms with van der Waals surface area (Å²) in [5.74, 6) is 0.398. The van der Waals surface area contributed by atoms with Gasteiger partial charge in [0.1, 0.15) is 0 Å². The van der Waals surface area contributed by atoms with Crippen molar-refractivity contribution in [1.82, 2.24) is 10.4 Å². The van der Waals surface area contributed by atoms with Crippen molar-refractivity contribution in [3.63, 3.8) is 0 Å². The quantitative estimate of drug-likeness (QED) is 0.613. The van der Waals surface area contributed by atoms with Gasteiger partial charge in [-0.05, 0) is 45.2 Å². The van der Waals surface area contributed by atoms with E-state index in [9.17, 15) is 4.48 Å². The minimum Gasteiger partial charge on any atom is -0.301 e. The highest BCUT2D eigenvalue weighted by atomic mass is 19.2. The lowest BCUT2D eigenvalue weighted by molar-refractivity contribution is 0.175. The van der Waals surface area contributed by atoms with Crippen molar-refractivity contribution < 1.29 is 4.48 Å². The summed E-state index contributed by atoms with van der Waals surface area (Å²) in [6.07, 6.45) is 3.45. The molecule has 98 valence electrons. The van der Waals surface area contributed by atoms with Crippen LogP contribution in [0.4, 0.5) is 4.48 Å². The Morgan fingerprint density at radius 3 is 2.00 bits per heavy atom. The molecule has 0 aliphatic carbocycles. The fourth-order valence-electron chi connectivity index (χ4n) is 2.20. The molecular formula is C13H29FN2. The van der Waals surface area contributed by atoms with Gasteiger partial charge >= 0.3 is 0 Å². The normalized spacial score (nSPS) is 17.4. The van der Waals surface area contributed by atoms with E-state index in [1.807, 2.05) is 12.5 Å². The standard InChI is InChI=1S/C13H29FN2/c1-6-13(16(7-2)8-3)10-9-11(4)12(5)15-14/h11-13,15H,6-10H2,1-5H3. The van der Waals surface area contributed by atoms with Gasteiger partial charge in [0, 0.05) is 12.1 Å². The Kier molecular flexibility index (Phi) is 8.86. The molecule has 0 saturated heterocycles. The first kappa shape index (κ1) is 15.9. The van der Waals surface area contributed by atoms with E-state index in [-0.39, 0.29) is 6.04 Å². The first-order valence-corrected chi connectivity index (χ1v) is 6.70. The van der Waals surface area contributed by atoms with Crippen molar-refractivity contribution in [3.05, 3.63) is 0 Å². The zero-order chi connectivity index (χ0) is 12.6. The van der Waals surface area contributed by atoms with Crippen LogP contribution in [0, 0.1) is 5.92 Å². The predicted octanol–water partition coefficient (Wildman–Crippen LogP) is 3.39. The molecule has 0 rings (SSSR count). The molecule has 2 nitrogen and oxygen atoms in total. The third-order valence-corrected chi connectivity index (χ3v) is 3.78. The van der Waals surface area contributed by atoms with Gasteiger partial charge in [0.05, 0.1) is 0 Å². The average Bonchev–Trinajstić information content (AvgIpc) is 2.32. The second kappa shape index (κ2) is 8.94. The van der Waals surface area contributed by atoms with E-state index in [1.165, 1.54) is 12.8 Å². The van der Waals surface area contributed by atoms with Crippen LogP contribution in [0.15, 0.2) is 0 Å². The molecule has 0 aromatic carbocycles. The molecule has 3 atom stereocenters. The molecule has 0 radical (unpaired) electrons. The lowest BCUT2D eigenvalue weighted by Gasteiger charge is -2.30. The average molecular weight is 232 g/mol. The van der Waals surface area contributed by atoms with Crippen LogP contribution in [0.5, 0.6) is 0 Å². The molecule has 0 saturated carbocycles. The third-order valence-electron chi connectivity index (χ3n) is 3.78. The summed E-state index contributed by atoms with van der Waals surface area (Å²) < 4.78 is 12.3. The van der Waals surface area contributed by atoms with Gasteiger partial charge in [-0.1, -0.05) is 27.7 Å². The second-order valence-electron chi connectivity index (χ2n) is 4.74. The van der Waals surface area contributed by atoms with Crippen molar-refractivity contribution in [2.45, 2.75) is 66.0 Å². The molecule has 0 fully saturated rings. The van der Waals surface area contributed by atoms with E-state index in [0.717, 1.165) is 19.5 Å². The Morgan fingerprint density at radius 2 is 1.62 bits per heavy atom. The SMILES string of the molecule is CCC(CCC(C)C(C)NF)N(CC)CC. The van der Waals surface area contributed by atoms with Gasteiger partial charge in [0.15, 0.2) is 0 Å². The van der Waals surface area contributed by atoms with E-state index >= 15 is 0 Å². The van der Waals surface area contributed by atoms with Crippen molar-refractivity contribution in [1.29, 1.82) is 0 Å². The maximum atomic E-state index is 12.3. The number of halogens is 1. The van der Waals surface area contributed by atoms with Crippen LogP contribution in [0.2, 0.25) is 0 Å². The van der Waals surface area contributed by atoms with Crippen LogP contribution in [0.3, 0.4) is 0 Å². The van der Waals surface area contributed by atoms with E-state index in [4.69, 9.17) is 0 Å². The fourth-order valence-corrected chi connectivity index (χ4v) is 2.20. The molecule has 0 aliphatic heterocycles. The minimum absolute atomic E-state index is 0.0331. The molecule has 0 aromatic heterocycles. The molecule has 0 aromatic rings. The second-order valence-corrected chi connectivity index (χ2v) is 4.74. The van der Waals surface area contributed by atoms with Crippen LogP contribution >= 0.6 is 0 Å². The third kappa shape index (κ3) is 5.26. The fraction of sp³-hybridized carbons (Fsp3) is 1.00. The zero-order valence-electron chi connectivity index (χ0n) is 11.6. The molecule has 0 spiro atoms. The molecule has 1 N–H and O–H groups in total. The van der Waals surface area contributed by atoms with Crippen molar-refractivity contribution >= 4 is 0 Å². The summed E-state index contributed by atoms with van der Waals surface area (Å²) in [6, 6.07) is 0.624. The lowest BCUT2D eigenvalue weighted by Crippen LogP contribution is -2.35. The number of hydrogen-bond donors (Lipinski definition) is 1. The molecule has 0 amide bonds. The van der Waals surface area contributed by atoms with E-state index in [0.29, 0.717) is 12.0 Å². The topological polar surface area (TPSA) is 15.3 Å². The maximum absolute atomic E-state index is 12.3. The smallest absolute Gasteiger partial charge is 0.0369 e. The van der Waals surface area contributed by atoms with Crippen molar-refractivity contribution in [3.8, 4) is 0 Å². The summed E-state index contributed by atoms with van der Waals surface area (Å²) in [7, 11) is 0. The molecule has 3 unspecified atom stereocenters. The number of nitrogens with one attached hydrogen (secondary N) is 1. The van der Waals surface area contributed by atoms with Crippen molar-refractivity contribution in [2.24, 2.45) is 5.92 Å². The number of rotatable bonds is 9. The van der Waals surface area contributed by atoms with Crippen LogP contribution in [-0.2, 0) is 0 Å². The van der Waals surface area contributed by atoms with Crippen LogP contribution in [0.25, 0.3) is 0 Å². The van der Waals surface area contributed by atoms with E-state index in [1.54, 1.807) is 0 Å². The summed E-state index contributed by atoms with van der Waals surface area (Å²) in [5, 5.41) is 0. The van der Waals surface area contributed by atoms with Gasteiger partial charge in [0.25, 0.3) is 0 Å². The van der Waals surface area contributed by atoms with Gasteiger partial charge in [-0.15, -0.1) is 4.48 Å². The zero-order valence-corrected chi connectivity index (χ0v) is 11.6. The van der Waals surface area contributed by atoms with Gasteiger partial charge in [-0.2, -0.15) is 5.54 Å². The Labute approximate surface area is 101 Å². The Bertz CT molecular complexity index is 160. The summed E-state index contributed by atoms with van der Waals surface area (Å²) in [6.45, 7) is 12.9. The summed E-state index contributed by atoms with van der Waals surface area (Å²) in [4.78, 5) is 2.50. The predicted molar refractivity (Wildman–Crippen MR) is 69.1 cm³/mol. The first-order valence-electron chi connectivity index (χ1n) is 6.70. The highest BCUT2D eigenvalue weighted by molar-refractivity contribution is 4.72. The van der Waals surface area contributed by atoms with Gasteiger partial charge in [-0.3, -0.25) is 0 Å². The van der Waals surface area contributed by atoms with Crippen LogP contribution in [0.1, 0.15) is 53.9 Å². The highest BCUT2D eigenvalue weighted by Crippen LogP contribution is 2.17. The summed E-state index contributed by atoms with van der Waals surface area (Å²) >= 11 is 0. The molecular weight excluding hydrogens is 203 g/mol. The maximum Gasteiger partial charge on any atom is 0.0369 e. The Hall–Kier alpha value is -0.150. The molecule has 16 heavy (non-hydrogen) atoms.